The SMILES string of the molecule is O=S(=O)(O)c1cccc2ccc(Cl)cc12. The second-order valence-electron chi connectivity index (χ2n) is 3.10. The topological polar surface area (TPSA) is 54.4 Å². The first-order valence-electron chi connectivity index (χ1n) is 4.14. The van der Waals surface area contributed by atoms with Crippen molar-refractivity contribution in [3.05, 3.63) is 41.4 Å². The summed E-state index contributed by atoms with van der Waals surface area (Å²) in [4.78, 5) is -0.123. The summed E-state index contributed by atoms with van der Waals surface area (Å²) < 4.78 is 31.1. The van der Waals surface area contributed by atoms with Gasteiger partial charge in [0.05, 0.1) is 0 Å². The van der Waals surface area contributed by atoms with E-state index in [9.17, 15) is 8.42 Å². The molecule has 0 aliphatic carbocycles. The Labute approximate surface area is 92.0 Å². The largest absolute Gasteiger partial charge is 0.295 e. The fourth-order valence-electron chi connectivity index (χ4n) is 1.44. The minimum absolute atomic E-state index is 0.123. The van der Waals surface area contributed by atoms with Crippen LogP contribution < -0.4 is 0 Å². The Bertz CT molecular complexity index is 620. The van der Waals surface area contributed by atoms with Crippen LogP contribution >= 0.6 is 11.6 Å². The van der Waals surface area contributed by atoms with E-state index < -0.39 is 10.1 Å². The third-order valence-corrected chi connectivity index (χ3v) is 3.23. The molecule has 0 atom stereocenters. The van der Waals surface area contributed by atoms with E-state index in [1.165, 1.54) is 12.1 Å². The molecule has 0 amide bonds. The van der Waals surface area contributed by atoms with Crippen molar-refractivity contribution in [1.29, 1.82) is 0 Å². The van der Waals surface area contributed by atoms with E-state index in [0.717, 1.165) is 5.39 Å². The second kappa shape index (κ2) is 3.48. The highest BCUT2D eigenvalue weighted by atomic mass is 35.5. The Hall–Kier alpha value is -1.10. The van der Waals surface area contributed by atoms with Gasteiger partial charge in [0.25, 0.3) is 10.1 Å². The van der Waals surface area contributed by atoms with Gasteiger partial charge in [0.1, 0.15) is 4.90 Å². The molecule has 0 fully saturated rings. The average Bonchev–Trinajstić information content (AvgIpc) is 2.15. The lowest BCUT2D eigenvalue weighted by Crippen LogP contribution is -1.98. The van der Waals surface area contributed by atoms with Crippen LogP contribution in [0.4, 0.5) is 0 Å². The van der Waals surface area contributed by atoms with Crippen LogP contribution in [0.1, 0.15) is 0 Å². The molecule has 0 bridgehead atoms. The van der Waals surface area contributed by atoms with Gasteiger partial charge in [-0.15, -0.1) is 0 Å². The number of rotatable bonds is 1. The summed E-state index contributed by atoms with van der Waals surface area (Å²) in [5.74, 6) is 0. The minimum Gasteiger partial charge on any atom is -0.282 e. The molecule has 2 rings (SSSR count). The summed E-state index contributed by atoms with van der Waals surface area (Å²) >= 11 is 5.76. The Balaban J connectivity index is 2.92. The molecule has 0 saturated carbocycles. The highest BCUT2D eigenvalue weighted by Crippen LogP contribution is 2.25. The fourth-order valence-corrected chi connectivity index (χ4v) is 2.32. The molecule has 15 heavy (non-hydrogen) atoms. The highest BCUT2D eigenvalue weighted by Gasteiger charge is 2.13. The third kappa shape index (κ3) is 1.97. The van der Waals surface area contributed by atoms with E-state index in [2.05, 4.69) is 0 Å². The lowest BCUT2D eigenvalue weighted by Gasteiger charge is -2.03. The molecule has 0 saturated heterocycles. The number of fused-ring (bicyclic) bond motifs is 1. The Morgan fingerprint density at radius 1 is 1.13 bits per heavy atom. The van der Waals surface area contributed by atoms with E-state index in [4.69, 9.17) is 16.2 Å². The Morgan fingerprint density at radius 2 is 1.87 bits per heavy atom. The van der Waals surface area contributed by atoms with E-state index >= 15 is 0 Å². The van der Waals surface area contributed by atoms with Gasteiger partial charge in [-0.2, -0.15) is 8.42 Å². The van der Waals surface area contributed by atoms with Crippen LogP contribution in [0.5, 0.6) is 0 Å². The van der Waals surface area contributed by atoms with Crippen LogP contribution in [-0.4, -0.2) is 13.0 Å². The summed E-state index contributed by atoms with van der Waals surface area (Å²) in [7, 11) is -4.20. The predicted molar refractivity (Wildman–Crippen MR) is 58.8 cm³/mol. The molecule has 0 aliphatic rings. The molecule has 0 radical (unpaired) electrons. The molecule has 0 spiro atoms. The lowest BCUT2D eigenvalue weighted by molar-refractivity contribution is 0.484. The maximum atomic E-state index is 11.1. The van der Waals surface area contributed by atoms with Crippen LogP contribution in [-0.2, 0) is 10.1 Å². The zero-order valence-electron chi connectivity index (χ0n) is 7.51. The molecule has 0 unspecified atom stereocenters. The first kappa shape index (κ1) is 10.4. The average molecular weight is 243 g/mol. The number of hydrogen-bond acceptors (Lipinski definition) is 2. The van der Waals surface area contributed by atoms with Crippen molar-refractivity contribution in [2.75, 3.05) is 0 Å². The van der Waals surface area contributed by atoms with Gasteiger partial charge < -0.3 is 0 Å². The Morgan fingerprint density at radius 3 is 2.53 bits per heavy atom. The summed E-state index contributed by atoms with van der Waals surface area (Å²) in [6.07, 6.45) is 0. The molecule has 2 aromatic carbocycles. The van der Waals surface area contributed by atoms with E-state index in [1.54, 1.807) is 24.3 Å². The molecule has 0 heterocycles. The lowest BCUT2D eigenvalue weighted by atomic mass is 10.1. The van der Waals surface area contributed by atoms with Gasteiger partial charge in [-0.3, -0.25) is 4.55 Å². The maximum absolute atomic E-state index is 11.1. The number of benzene rings is 2. The number of halogens is 1. The first-order chi connectivity index (χ1) is 6.98. The molecule has 5 heteroatoms. The van der Waals surface area contributed by atoms with Crippen LogP contribution in [0.3, 0.4) is 0 Å². The van der Waals surface area contributed by atoms with Crippen molar-refractivity contribution >= 4 is 32.5 Å². The van der Waals surface area contributed by atoms with Gasteiger partial charge in [-0.05, 0) is 23.6 Å². The summed E-state index contributed by atoms with van der Waals surface area (Å²) in [5.41, 5.74) is 0. The molecule has 78 valence electrons. The van der Waals surface area contributed by atoms with Crippen molar-refractivity contribution < 1.29 is 13.0 Å². The molecule has 0 aromatic heterocycles. The van der Waals surface area contributed by atoms with Crippen molar-refractivity contribution in [3.63, 3.8) is 0 Å². The predicted octanol–water partition coefficient (Wildman–Crippen LogP) is 2.74. The summed E-state index contributed by atoms with van der Waals surface area (Å²) in [5, 5.41) is 1.57. The zero-order chi connectivity index (χ0) is 11.1. The van der Waals surface area contributed by atoms with Gasteiger partial charge in [0.15, 0.2) is 0 Å². The van der Waals surface area contributed by atoms with Gasteiger partial charge >= 0.3 is 0 Å². The number of hydrogen-bond donors (Lipinski definition) is 1. The molecular formula is C10H7ClO3S. The van der Waals surface area contributed by atoms with E-state index in [-0.39, 0.29) is 4.90 Å². The molecule has 2 aromatic rings. The van der Waals surface area contributed by atoms with Crippen LogP contribution in [0, 0.1) is 0 Å². The van der Waals surface area contributed by atoms with E-state index in [1.807, 2.05) is 0 Å². The van der Waals surface area contributed by atoms with Crippen molar-refractivity contribution in [3.8, 4) is 0 Å². The molecule has 0 aliphatic heterocycles. The summed E-state index contributed by atoms with van der Waals surface area (Å²) in [6, 6.07) is 9.54. The first-order valence-corrected chi connectivity index (χ1v) is 5.96. The van der Waals surface area contributed by atoms with Gasteiger partial charge in [0, 0.05) is 10.4 Å². The maximum Gasteiger partial charge on any atom is 0.295 e. The van der Waals surface area contributed by atoms with Crippen LogP contribution in [0.25, 0.3) is 10.8 Å². The van der Waals surface area contributed by atoms with Gasteiger partial charge in [0.2, 0.25) is 0 Å². The van der Waals surface area contributed by atoms with E-state index in [0.29, 0.717) is 10.4 Å². The fraction of sp³-hybridized carbons (Fsp3) is 0. The normalized spacial score (nSPS) is 11.9. The van der Waals surface area contributed by atoms with Crippen molar-refractivity contribution in [2.24, 2.45) is 0 Å². The van der Waals surface area contributed by atoms with Gasteiger partial charge in [-0.1, -0.05) is 29.8 Å². The zero-order valence-corrected chi connectivity index (χ0v) is 9.09. The molecule has 3 nitrogen and oxygen atoms in total. The quantitative estimate of drug-likeness (QED) is 0.783. The van der Waals surface area contributed by atoms with Crippen molar-refractivity contribution in [2.45, 2.75) is 4.90 Å². The van der Waals surface area contributed by atoms with Crippen molar-refractivity contribution in [1.82, 2.24) is 0 Å². The smallest absolute Gasteiger partial charge is 0.282 e. The monoisotopic (exact) mass is 242 g/mol. The summed E-state index contributed by atoms with van der Waals surface area (Å²) in [6.45, 7) is 0. The van der Waals surface area contributed by atoms with Crippen LogP contribution in [0.15, 0.2) is 41.3 Å². The highest BCUT2D eigenvalue weighted by molar-refractivity contribution is 7.86. The van der Waals surface area contributed by atoms with Crippen LogP contribution in [0.2, 0.25) is 5.02 Å². The van der Waals surface area contributed by atoms with Gasteiger partial charge in [-0.25, -0.2) is 0 Å². The standard InChI is InChI=1S/C10H7ClO3S/c11-8-5-4-7-2-1-3-10(9(7)6-8)15(12,13)14/h1-6H,(H,12,13,14). The molecule has 1 N–H and O–H groups in total. The molecular weight excluding hydrogens is 236 g/mol. The minimum atomic E-state index is -4.20. The third-order valence-electron chi connectivity index (χ3n) is 2.08. The Kier molecular flexibility index (Phi) is 2.42. The second-order valence-corrected chi connectivity index (χ2v) is 4.92.